The van der Waals surface area contributed by atoms with Gasteiger partial charge < -0.3 is 19.5 Å². The van der Waals surface area contributed by atoms with Gasteiger partial charge in [0.25, 0.3) is 0 Å². The van der Waals surface area contributed by atoms with Crippen LogP contribution in [-0.4, -0.2) is 27.4 Å². The molecule has 1 aromatic rings. The van der Waals surface area contributed by atoms with Crippen molar-refractivity contribution in [2.24, 2.45) is 5.92 Å². The third-order valence-electron chi connectivity index (χ3n) is 4.21. The van der Waals surface area contributed by atoms with Crippen LogP contribution >= 0.6 is 0 Å². The Morgan fingerprint density at radius 1 is 1.10 bits per heavy atom. The van der Waals surface area contributed by atoms with E-state index in [9.17, 15) is 0 Å². The molecule has 0 saturated heterocycles. The lowest BCUT2D eigenvalue weighted by atomic mass is 9.80. The first-order valence-corrected chi connectivity index (χ1v) is 7.21. The molecule has 0 heterocycles. The summed E-state index contributed by atoms with van der Waals surface area (Å²) in [7, 11) is 4.91. The van der Waals surface area contributed by atoms with Crippen LogP contribution in [-0.2, 0) is 6.54 Å². The van der Waals surface area contributed by atoms with Gasteiger partial charge in [0.1, 0.15) is 0 Å². The van der Waals surface area contributed by atoms with E-state index < -0.39 is 0 Å². The zero-order valence-electron chi connectivity index (χ0n) is 12.9. The van der Waals surface area contributed by atoms with E-state index in [1.54, 1.807) is 21.3 Å². The largest absolute Gasteiger partial charge is 0.493 e. The molecule has 20 heavy (non-hydrogen) atoms. The van der Waals surface area contributed by atoms with Crippen molar-refractivity contribution >= 4 is 0 Å². The lowest BCUT2D eigenvalue weighted by Crippen LogP contribution is -2.36. The van der Waals surface area contributed by atoms with Gasteiger partial charge in [0.2, 0.25) is 5.75 Å². The first-order chi connectivity index (χ1) is 9.69. The summed E-state index contributed by atoms with van der Waals surface area (Å²) in [5.41, 5.74) is 1.14. The lowest BCUT2D eigenvalue weighted by molar-refractivity contribution is 0.240. The Morgan fingerprint density at radius 2 is 1.70 bits per heavy atom. The van der Waals surface area contributed by atoms with E-state index in [0.717, 1.165) is 18.0 Å². The topological polar surface area (TPSA) is 39.7 Å². The minimum Gasteiger partial charge on any atom is -0.493 e. The van der Waals surface area contributed by atoms with Crippen LogP contribution in [0.4, 0.5) is 0 Å². The Balaban J connectivity index is 2.06. The van der Waals surface area contributed by atoms with Gasteiger partial charge in [0.05, 0.1) is 21.3 Å². The van der Waals surface area contributed by atoms with Gasteiger partial charge in [0.15, 0.2) is 11.5 Å². The van der Waals surface area contributed by atoms with Crippen LogP contribution in [0.2, 0.25) is 0 Å². The molecule has 0 radical (unpaired) electrons. The summed E-state index contributed by atoms with van der Waals surface area (Å²) in [6, 6.07) is 4.56. The summed E-state index contributed by atoms with van der Waals surface area (Å²) in [5.74, 6) is 2.89. The molecule has 4 heteroatoms. The molecule has 1 fully saturated rings. The summed E-state index contributed by atoms with van der Waals surface area (Å²) >= 11 is 0. The molecule has 1 aliphatic rings. The summed E-state index contributed by atoms with van der Waals surface area (Å²) in [4.78, 5) is 0. The second-order valence-corrected chi connectivity index (χ2v) is 5.39. The Hall–Kier alpha value is -1.42. The molecular formula is C16H25NO3. The van der Waals surface area contributed by atoms with E-state index in [4.69, 9.17) is 14.2 Å². The fraction of sp³-hybridized carbons (Fsp3) is 0.625. The zero-order valence-corrected chi connectivity index (χ0v) is 12.9. The van der Waals surface area contributed by atoms with Crippen molar-refractivity contribution in [3.05, 3.63) is 17.7 Å². The van der Waals surface area contributed by atoms with E-state index in [-0.39, 0.29) is 0 Å². The molecule has 4 nitrogen and oxygen atoms in total. The fourth-order valence-electron chi connectivity index (χ4n) is 2.62. The number of ether oxygens (including phenoxy) is 3. The SMILES string of the molecule is COc1cc(CNC(C)C2CCC2)cc(OC)c1OC. The minimum atomic E-state index is 0.558. The van der Waals surface area contributed by atoms with Crippen LogP contribution in [0.15, 0.2) is 12.1 Å². The molecule has 1 N–H and O–H groups in total. The Bertz CT molecular complexity index is 418. The Labute approximate surface area is 121 Å². The smallest absolute Gasteiger partial charge is 0.203 e. The molecule has 1 aliphatic carbocycles. The van der Waals surface area contributed by atoms with Gasteiger partial charge in [-0.15, -0.1) is 0 Å². The Kier molecular flexibility index (Phi) is 5.12. The second kappa shape index (κ2) is 6.84. The molecular weight excluding hydrogens is 254 g/mol. The van der Waals surface area contributed by atoms with Gasteiger partial charge in [-0.25, -0.2) is 0 Å². The number of nitrogens with one attached hydrogen (secondary N) is 1. The van der Waals surface area contributed by atoms with Crippen molar-refractivity contribution in [3.8, 4) is 17.2 Å². The first-order valence-electron chi connectivity index (χ1n) is 7.21. The highest BCUT2D eigenvalue weighted by Crippen LogP contribution is 2.38. The van der Waals surface area contributed by atoms with E-state index in [0.29, 0.717) is 23.3 Å². The van der Waals surface area contributed by atoms with E-state index in [1.807, 2.05) is 12.1 Å². The summed E-state index contributed by atoms with van der Waals surface area (Å²) < 4.78 is 16.1. The predicted molar refractivity (Wildman–Crippen MR) is 79.7 cm³/mol. The van der Waals surface area contributed by atoms with Gasteiger partial charge in [-0.1, -0.05) is 6.42 Å². The van der Waals surface area contributed by atoms with Crippen LogP contribution in [0.1, 0.15) is 31.7 Å². The summed E-state index contributed by atoms with van der Waals surface area (Å²) in [6.07, 6.45) is 4.08. The summed E-state index contributed by atoms with van der Waals surface area (Å²) in [5, 5.41) is 3.59. The number of benzene rings is 1. The number of rotatable bonds is 7. The van der Waals surface area contributed by atoms with E-state index in [1.165, 1.54) is 19.3 Å². The van der Waals surface area contributed by atoms with Gasteiger partial charge in [0, 0.05) is 12.6 Å². The third kappa shape index (κ3) is 3.18. The highest BCUT2D eigenvalue weighted by Gasteiger charge is 2.23. The van der Waals surface area contributed by atoms with E-state index >= 15 is 0 Å². The monoisotopic (exact) mass is 279 g/mol. The molecule has 1 unspecified atom stereocenters. The van der Waals surface area contributed by atoms with Gasteiger partial charge in [-0.2, -0.15) is 0 Å². The van der Waals surface area contributed by atoms with E-state index in [2.05, 4.69) is 12.2 Å². The molecule has 112 valence electrons. The average molecular weight is 279 g/mol. The molecule has 1 atom stereocenters. The number of hydrogen-bond acceptors (Lipinski definition) is 4. The van der Waals surface area contributed by atoms with Crippen LogP contribution < -0.4 is 19.5 Å². The zero-order chi connectivity index (χ0) is 14.5. The Morgan fingerprint density at radius 3 is 2.10 bits per heavy atom. The first kappa shape index (κ1) is 15.0. The van der Waals surface area contributed by atoms with Gasteiger partial charge in [-0.05, 0) is 43.4 Å². The van der Waals surface area contributed by atoms with Crippen molar-refractivity contribution in [2.45, 2.75) is 38.8 Å². The van der Waals surface area contributed by atoms with Crippen molar-refractivity contribution in [1.29, 1.82) is 0 Å². The second-order valence-electron chi connectivity index (χ2n) is 5.39. The molecule has 0 aliphatic heterocycles. The highest BCUT2D eigenvalue weighted by molar-refractivity contribution is 5.53. The maximum atomic E-state index is 5.37. The molecule has 1 aromatic carbocycles. The number of hydrogen-bond donors (Lipinski definition) is 1. The standard InChI is InChI=1S/C16H25NO3/c1-11(13-6-5-7-13)17-10-12-8-14(18-2)16(20-4)15(9-12)19-3/h8-9,11,13,17H,5-7,10H2,1-4H3. The minimum absolute atomic E-state index is 0.558. The van der Waals surface area contributed by atoms with Crippen molar-refractivity contribution in [3.63, 3.8) is 0 Å². The molecule has 2 rings (SSSR count). The molecule has 1 saturated carbocycles. The third-order valence-corrected chi connectivity index (χ3v) is 4.21. The maximum Gasteiger partial charge on any atom is 0.203 e. The predicted octanol–water partition coefficient (Wildman–Crippen LogP) is 2.99. The van der Waals surface area contributed by atoms with Crippen molar-refractivity contribution < 1.29 is 14.2 Å². The molecule has 0 bridgehead atoms. The van der Waals surface area contributed by atoms with Crippen molar-refractivity contribution in [1.82, 2.24) is 5.32 Å². The highest BCUT2D eigenvalue weighted by atomic mass is 16.5. The molecule has 0 spiro atoms. The maximum absolute atomic E-state index is 5.37. The van der Waals surface area contributed by atoms with Gasteiger partial charge in [-0.3, -0.25) is 0 Å². The summed E-state index contributed by atoms with van der Waals surface area (Å²) in [6.45, 7) is 3.08. The molecule has 0 amide bonds. The number of methoxy groups -OCH3 is 3. The van der Waals surface area contributed by atoms with Crippen molar-refractivity contribution in [2.75, 3.05) is 21.3 Å². The van der Waals surface area contributed by atoms with Crippen LogP contribution in [0.3, 0.4) is 0 Å². The van der Waals surface area contributed by atoms with Crippen LogP contribution in [0.25, 0.3) is 0 Å². The van der Waals surface area contributed by atoms with Crippen LogP contribution in [0, 0.1) is 5.92 Å². The normalized spacial score (nSPS) is 16.4. The molecule has 0 aromatic heterocycles. The van der Waals surface area contributed by atoms with Crippen LogP contribution in [0.5, 0.6) is 17.2 Å². The fourth-order valence-corrected chi connectivity index (χ4v) is 2.62. The van der Waals surface area contributed by atoms with Gasteiger partial charge >= 0.3 is 0 Å². The lowest BCUT2D eigenvalue weighted by Gasteiger charge is -2.32. The quantitative estimate of drug-likeness (QED) is 0.833. The average Bonchev–Trinajstić information content (AvgIpc) is 2.41.